The fraction of sp³-hybridized carbons (Fsp3) is 0.308. The first-order chi connectivity index (χ1) is 8.99. The number of alkyl halides is 3. The van der Waals surface area contributed by atoms with Gasteiger partial charge in [-0.3, -0.25) is 0 Å². The number of hydrogen-bond acceptors (Lipinski definition) is 3. The molecule has 0 aliphatic carbocycles. The second kappa shape index (κ2) is 5.34. The van der Waals surface area contributed by atoms with Crippen molar-refractivity contribution in [2.24, 2.45) is 4.99 Å². The Labute approximate surface area is 108 Å². The van der Waals surface area contributed by atoms with Gasteiger partial charge in [0.05, 0.1) is 12.7 Å². The minimum Gasteiger partial charge on any atom is -0.497 e. The van der Waals surface area contributed by atoms with Crippen LogP contribution in [0.2, 0.25) is 0 Å². The molecular weight excluding hydrogens is 259 g/mol. The number of halogens is 3. The number of methoxy groups -OCH3 is 1. The highest BCUT2D eigenvalue weighted by atomic mass is 19.4. The Balaban J connectivity index is 1.96. The van der Waals surface area contributed by atoms with Crippen LogP contribution in [-0.2, 0) is 0 Å². The maximum atomic E-state index is 12.4. The van der Waals surface area contributed by atoms with Gasteiger partial charge < -0.3 is 9.47 Å². The summed E-state index contributed by atoms with van der Waals surface area (Å²) in [5.41, 5.74) is -0.734. The monoisotopic (exact) mass is 271 g/mol. The lowest BCUT2D eigenvalue weighted by atomic mass is 10.1. The molecule has 0 saturated carbocycles. The molecule has 1 aliphatic rings. The van der Waals surface area contributed by atoms with Crippen LogP contribution in [-0.4, -0.2) is 25.7 Å². The van der Waals surface area contributed by atoms with Crippen molar-refractivity contribution < 1.29 is 22.6 Å². The van der Waals surface area contributed by atoms with Gasteiger partial charge in [-0.2, -0.15) is 13.2 Å². The summed E-state index contributed by atoms with van der Waals surface area (Å²) >= 11 is 0. The van der Waals surface area contributed by atoms with E-state index in [1.54, 1.807) is 31.4 Å². The Morgan fingerprint density at radius 1 is 1.16 bits per heavy atom. The third kappa shape index (κ3) is 3.49. The molecule has 0 N–H and O–H groups in total. The summed E-state index contributed by atoms with van der Waals surface area (Å²) in [5, 5.41) is 0. The van der Waals surface area contributed by atoms with Crippen LogP contribution in [0.3, 0.4) is 0 Å². The molecule has 0 unspecified atom stereocenters. The normalized spacial score (nSPS) is 18.9. The summed E-state index contributed by atoms with van der Waals surface area (Å²) in [7, 11) is 1.55. The molecule has 6 heteroatoms. The Bertz CT molecular complexity index is 492. The van der Waals surface area contributed by atoms with Gasteiger partial charge in [0.1, 0.15) is 11.5 Å². The van der Waals surface area contributed by atoms with Crippen LogP contribution in [0.4, 0.5) is 13.2 Å². The molecule has 0 bridgehead atoms. The molecule has 2 rings (SSSR count). The van der Waals surface area contributed by atoms with Gasteiger partial charge in [-0.1, -0.05) is 6.08 Å². The van der Waals surface area contributed by atoms with Gasteiger partial charge in [-0.05, 0) is 24.3 Å². The summed E-state index contributed by atoms with van der Waals surface area (Å²) < 4.78 is 47.5. The molecule has 1 aromatic rings. The summed E-state index contributed by atoms with van der Waals surface area (Å²) in [5.74, 6) is 1.21. The van der Waals surface area contributed by atoms with Crippen molar-refractivity contribution in [1.29, 1.82) is 0 Å². The van der Waals surface area contributed by atoms with E-state index in [-0.39, 0.29) is 6.42 Å². The predicted molar refractivity (Wildman–Crippen MR) is 64.7 cm³/mol. The quantitative estimate of drug-likeness (QED) is 0.844. The highest BCUT2D eigenvalue weighted by Crippen LogP contribution is 2.28. The zero-order chi connectivity index (χ0) is 13.9. The second-order valence-corrected chi connectivity index (χ2v) is 3.92. The van der Waals surface area contributed by atoms with Gasteiger partial charge in [-0.15, -0.1) is 0 Å². The minimum atomic E-state index is -4.35. The molecule has 102 valence electrons. The van der Waals surface area contributed by atoms with E-state index in [0.717, 1.165) is 12.3 Å². The first-order valence-corrected chi connectivity index (χ1v) is 5.60. The van der Waals surface area contributed by atoms with Crippen LogP contribution in [0.5, 0.6) is 11.5 Å². The lowest BCUT2D eigenvalue weighted by Crippen LogP contribution is -2.21. The minimum absolute atomic E-state index is 0.0946. The highest BCUT2D eigenvalue weighted by molar-refractivity contribution is 5.81. The van der Waals surface area contributed by atoms with Crippen LogP contribution in [0.15, 0.2) is 40.9 Å². The number of aliphatic imine (C=N–C) groups is 1. The molecule has 0 radical (unpaired) electrons. The predicted octanol–water partition coefficient (Wildman–Crippen LogP) is 3.36. The van der Waals surface area contributed by atoms with Crippen molar-refractivity contribution in [2.75, 3.05) is 7.11 Å². The number of nitrogens with zero attached hydrogens (tertiary/aromatic N) is 1. The summed E-state index contributed by atoms with van der Waals surface area (Å²) in [6, 6.07) is 6.77. The SMILES string of the molecule is COc1ccc(O[C@H]2CC=C(C(F)(F)F)C=N2)cc1. The van der Waals surface area contributed by atoms with Crippen LogP contribution < -0.4 is 9.47 Å². The Morgan fingerprint density at radius 3 is 2.26 bits per heavy atom. The molecule has 1 atom stereocenters. The van der Waals surface area contributed by atoms with Gasteiger partial charge in [-0.25, -0.2) is 4.99 Å². The molecule has 3 nitrogen and oxygen atoms in total. The highest BCUT2D eigenvalue weighted by Gasteiger charge is 2.33. The van der Waals surface area contributed by atoms with E-state index in [0.29, 0.717) is 11.5 Å². The van der Waals surface area contributed by atoms with Crippen molar-refractivity contribution in [3.05, 3.63) is 35.9 Å². The van der Waals surface area contributed by atoms with Crippen molar-refractivity contribution in [2.45, 2.75) is 18.8 Å². The van der Waals surface area contributed by atoms with Crippen LogP contribution in [0.25, 0.3) is 0 Å². The van der Waals surface area contributed by atoms with Crippen molar-refractivity contribution in [1.82, 2.24) is 0 Å². The zero-order valence-electron chi connectivity index (χ0n) is 10.1. The fourth-order valence-corrected chi connectivity index (χ4v) is 1.58. The van der Waals surface area contributed by atoms with Crippen molar-refractivity contribution in [3.63, 3.8) is 0 Å². The molecule has 0 aromatic heterocycles. The van der Waals surface area contributed by atoms with E-state index in [9.17, 15) is 13.2 Å². The molecule has 0 spiro atoms. The average Bonchev–Trinajstić information content (AvgIpc) is 2.39. The van der Waals surface area contributed by atoms with Crippen LogP contribution in [0, 0.1) is 0 Å². The Hall–Kier alpha value is -1.98. The summed E-state index contributed by atoms with van der Waals surface area (Å²) in [6.45, 7) is 0. The Morgan fingerprint density at radius 2 is 1.79 bits per heavy atom. The Kier molecular flexibility index (Phi) is 3.78. The first-order valence-electron chi connectivity index (χ1n) is 5.60. The molecular formula is C13H12F3NO2. The van der Waals surface area contributed by atoms with Gasteiger partial charge in [0.15, 0.2) is 6.23 Å². The number of rotatable bonds is 3. The lowest BCUT2D eigenvalue weighted by molar-refractivity contribution is -0.0862. The number of allylic oxidation sites excluding steroid dienone is 1. The van der Waals surface area contributed by atoms with E-state index < -0.39 is 18.0 Å². The first kappa shape index (κ1) is 13.5. The molecule has 1 aliphatic heterocycles. The number of benzene rings is 1. The summed E-state index contributed by atoms with van der Waals surface area (Å²) in [4.78, 5) is 3.75. The van der Waals surface area contributed by atoms with Crippen molar-refractivity contribution in [3.8, 4) is 11.5 Å². The number of ether oxygens (including phenoxy) is 2. The van der Waals surface area contributed by atoms with E-state index >= 15 is 0 Å². The van der Waals surface area contributed by atoms with E-state index in [2.05, 4.69) is 4.99 Å². The largest absolute Gasteiger partial charge is 0.497 e. The number of dihydropyridines is 1. The standard InChI is InChI=1S/C13H12F3NO2/c1-18-10-3-5-11(6-4-10)19-12-7-2-9(8-17-12)13(14,15)16/h2-6,8,12H,7H2,1H3/t12-/m0/s1. The third-order valence-electron chi connectivity index (χ3n) is 2.58. The molecule has 1 heterocycles. The average molecular weight is 271 g/mol. The summed E-state index contributed by atoms with van der Waals surface area (Å²) in [6.07, 6.45) is -3.00. The molecule has 0 saturated heterocycles. The van der Waals surface area contributed by atoms with E-state index in [1.807, 2.05) is 0 Å². The van der Waals surface area contributed by atoms with Gasteiger partial charge in [0.2, 0.25) is 0 Å². The van der Waals surface area contributed by atoms with Crippen molar-refractivity contribution >= 4 is 6.21 Å². The molecule has 19 heavy (non-hydrogen) atoms. The molecule has 0 fully saturated rings. The topological polar surface area (TPSA) is 30.8 Å². The number of hydrogen-bond donors (Lipinski definition) is 0. The van der Waals surface area contributed by atoms with Crippen LogP contribution in [0.1, 0.15) is 6.42 Å². The molecule has 1 aromatic carbocycles. The van der Waals surface area contributed by atoms with Gasteiger partial charge >= 0.3 is 6.18 Å². The maximum Gasteiger partial charge on any atom is 0.417 e. The second-order valence-electron chi connectivity index (χ2n) is 3.92. The lowest BCUT2D eigenvalue weighted by Gasteiger charge is -2.18. The smallest absolute Gasteiger partial charge is 0.417 e. The van der Waals surface area contributed by atoms with E-state index in [4.69, 9.17) is 9.47 Å². The van der Waals surface area contributed by atoms with Gasteiger partial charge in [0, 0.05) is 12.6 Å². The fourth-order valence-electron chi connectivity index (χ4n) is 1.58. The zero-order valence-corrected chi connectivity index (χ0v) is 10.1. The van der Waals surface area contributed by atoms with Crippen LogP contribution >= 0.6 is 0 Å². The molecule has 0 amide bonds. The van der Waals surface area contributed by atoms with E-state index in [1.165, 1.54) is 0 Å². The maximum absolute atomic E-state index is 12.4. The third-order valence-corrected chi connectivity index (χ3v) is 2.58. The van der Waals surface area contributed by atoms with Gasteiger partial charge in [0.25, 0.3) is 0 Å².